The van der Waals surface area contributed by atoms with Gasteiger partial charge >= 0.3 is 12.1 Å². The Kier molecular flexibility index (Phi) is 6.85. The fourth-order valence-corrected chi connectivity index (χ4v) is 2.54. The summed E-state index contributed by atoms with van der Waals surface area (Å²) in [6, 6.07) is 8.11. The van der Waals surface area contributed by atoms with Crippen LogP contribution in [0.15, 0.2) is 36.4 Å². The van der Waals surface area contributed by atoms with Crippen LogP contribution in [0.4, 0.5) is 9.18 Å². The molecule has 0 heterocycles. The maximum Gasteiger partial charge on any atom is 0.407 e. The zero-order chi connectivity index (χ0) is 20.9. The highest BCUT2D eigenvalue weighted by Crippen LogP contribution is 2.32. The summed E-state index contributed by atoms with van der Waals surface area (Å²) in [6.45, 7) is 5.49. The Morgan fingerprint density at radius 3 is 2.54 bits per heavy atom. The molecule has 0 radical (unpaired) electrons. The predicted molar refractivity (Wildman–Crippen MR) is 104 cm³/mol. The van der Waals surface area contributed by atoms with Gasteiger partial charge in [0.15, 0.2) is 0 Å². The number of ether oxygens (including phenoxy) is 2. The summed E-state index contributed by atoms with van der Waals surface area (Å²) in [5.74, 6) is -1.41. The first-order chi connectivity index (χ1) is 13.0. The highest BCUT2D eigenvalue weighted by atomic mass is 35.5. The molecule has 0 unspecified atom stereocenters. The molecule has 0 aliphatic carbocycles. The van der Waals surface area contributed by atoms with Crippen LogP contribution in [0, 0.1) is 5.82 Å². The number of aromatic carboxylic acids is 1. The monoisotopic (exact) mass is 409 g/mol. The van der Waals surface area contributed by atoms with Gasteiger partial charge in [-0.05, 0) is 62.7 Å². The smallest absolute Gasteiger partial charge is 0.407 e. The van der Waals surface area contributed by atoms with E-state index in [1.807, 2.05) is 0 Å². The third-order valence-electron chi connectivity index (χ3n) is 3.43. The van der Waals surface area contributed by atoms with Crippen molar-refractivity contribution in [2.75, 3.05) is 13.2 Å². The minimum atomic E-state index is -1.16. The summed E-state index contributed by atoms with van der Waals surface area (Å²) in [6.07, 6.45) is -0.581. The fraction of sp³-hybridized carbons (Fsp3) is 0.300. The number of carbonyl (C=O) groups is 2. The summed E-state index contributed by atoms with van der Waals surface area (Å²) < 4.78 is 24.2. The van der Waals surface area contributed by atoms with Gasteiger partial charge in [-0.2, -0.15) is 0 Å². The third-order valence-corrected chi connectivity index (χ3v) is 3.76. The van der Waals surface area contributed by atoms with Crippen molar-refractivity contribution in [2.24, 2.45) is 0 Å². The summed E-state index contributed by atoms with van der Waals surface area (Å²) in [7, 11) is 0. The van der Waals surface area contributed by atoms with Gasteiger partial charge in [-0.25, -0.2) is 14.0 Å². The summed E-state index contributed by atoms with van der Waals surface area (Å²) in [4.78, 5) is 23.0. The SMILES string of the molecule is CC(C)(C)OC(=O)NCCOc1cc(C(=O)O)cc(-c2cc(F)ccc2Cl)c1. The van der Waals surface area contributed by atoms with E-state index in [0.29, 0.717) is 11.1 Å². The summed E-state index contributed by atoms with van der Waals surface area (Å²) in [5.41, 5.74) is 0.105. The Labute approximate surface area is 167 Å². The molecule has 0 aliphatic rings. The lowest BCUT2D eigenvalue weighted by atomic mass is 10.0. The number of carboxylic acid groups (broad SMARTS) is 1. The molecule has 8 heteroatoms. The van der Waals surface area contributed by atoms with Crippen molar-refractivity contribution in [3.8, 4) is 16.9 Å². The number of rotatable bonds is 6. The number of amides is 1. The quantitative estimate of drug-likeness (QED) is 0.672. The van der Waals surface area contributed by atoms with E-state index in [0.717, 1.165) is 0 Å². The van der Waals surface area contributed by atoms with Crippen LogP contribution < -0.4 is 10.1 Å². The van der Waals surface area contributed by atoms with E-state index in [1.54, 1.807) is 26.8 Å². The van der Waals surface area contributed by atoms with Gasteiger partial charge in [0.2, 0.25) is 0 Å². The molecule has 0 saturated carbocycles. The maximum atomic E-state index is 13.6. The Hall–Kier alpha value is -2.80. The van der Waals surface area contributed by atoms with Gasteiger partial charge in [0.25, 0.3) is 0 Å². The van der Waals surface area contributed by atoms with Crippen molar-refractivity contribution >= 4 is 23.7 Å². The fourth-order valence-electron chi connectivity index (χ4n) is 2.32. The zero-order valence-corrected chi connectivity index (χ0v) is 16.5. The van der Waals surface area contributed by atoms with Gasteiger partial charge in [0.05, 0.1) is 12.1 Å². The van der Waals surface area contributed by atoms with Crippen molar-refractivity contribution in [3.63, 3.8) is 0 Å². The molecule has 0 saturated heterocycles. The lowest BCUT2D eigenvalue weighted by Gasteiger charge is -2.19. The molecule has 2 aromatic carbocycles. The lowest BCUT2D eigenvalue weighted by molar-refractivity contribution is 0.0520. The van der Waals surface area contributed by atoms with Crippen LogP contribution >= 0.6 is 11.6 Å². The van der Waals surface area contributed by atoms with E-state index >= 15 is 0 Å². The number of hydrogen-bond acceptors (Lipinski definition) is 4. The molecule has 150 valence electrons. The van der Waals surface area contributed by atoms with Crippen LogP contribution in [0.5, 0.6) is 5.75 Å². The number of benzene rings is 2. The minimum Gasteiger partial charge on any atom is -0.492 e. The zero-order valence-electron chi connectivity index (χ0n) is 15.7. The van der Waals surface area contributed by atoms with Gasteiger partial charge in [0.1, 0.15) is 23.8 Å². The second-order valence-electron chi connectivity index (χ2n) is 6.95. The highest BCUT2D eigenvalue weighted by molar-refractivity contribution is 6.33. The molecule has 0 aliphatic heterocycles. The van der Waals surface area contributed by atoms with Gasteiger partial charge in [0, 0.05) is 10.6 Å². The standard InChI is InChI=1S/C20H21ClFNO5/c1-20(2,3)28-19(26)23-6-7-27-15-9-12(8-13(10-15)18(24)25)16-11-14(22)4-5-17(16)21/h4-5,8-11H,6-7H2,1-3H3,(H,23,26)(H,24,25). The number of hydrogen-bond donors (Lipinski definition) is 2. The molecule has 2 N–H and O–H groups in total. The van der Waals surface area contributed by atoms with E-state index in [-0.39, 0.29) is 29.5 Å². The van der Waals surface area contributed by atoms with Gasteiger partial charge in [-0.1, -0.05) is 11.6 Å². The van der Waals surface area contributed by atoms with E-state index in [4.69, 9.17) is 21.1 Å². The molecule has 0 fully saturated rings. The topological polar surface area (TPSA) is 84.9 Å². The van der Waals surface area contributed by atoms with Crippen LogP contribution in [0.3, 0.4) is 0 Å². The molecular formula is C20H21ClFNO5. The first-order valence-corrected chi connectivity index (χ1v) is 8.86. The molecule has 0 atom stereocenters. The highest BCUT2D eigenvalue weighted by Gasteiger charge is 2.16. The molecule has 2 aromatic rings. The summed E-state index contributed by atoms with van der Waals surface area (Å²) >= 11 is 6.11. The van der Waals surface area contributed by atoms with E-state index < -0.39 is 23.5 Å². The van der Waals surface area contributed by atoms with Gasteiger partial charge < -0.3 is 19.9 Å². The lowest BCUT2D eigenvalue weighted by Crippen LogP contribution is -2.34. The molecule has 0 bridgehead atoms. The van der Waals surface area contributed by atoms with Crippen LogP contribution in [0.1, 0.15) is 31.1 Å². The second-order valence-corrected chi connectivity index (χ2v) is 7.36. The molecule has 2 rings (SSSR count). The number of halogens is 2. The van der Waals surface area contributed by atoms with Gasteiger partial charge in [-0.3, -0.25) is 0 Å². The second kappa shape index (κ2) is 8.93. The van der Waals surface area contributed by atoms with Crippen molar-refractivity contribution < 1.29 is 28.6 Å². The molecule has 6 nitrogen and oxygen atoms in total. The Morgan fingerprint density at radius 2 is 1.89 bits per heavy atom. The predicted octanol–water partition coefficient (Wildman–Crippen LogP) is 4.75. The Balaban J connectivity index is 2.12. The number of nitrogens with one attached hydrogen (secondary N) is 1. The minimum absolute atomic E-state index is 0.0343. The third kappa shape index (κ3) is 6.42. The van der Waals surface area contributed by atoms with Crippen LogP contribution in [0.2, 0.25) is 5.02 Å². The van der Waals surface area contributed by atoms with Crippen molar-refractivity contribution in [1.29, 1.82) is 0 Å². The molecular weight excluding hydrogens is 389 g/mol. The number of carbonyl (C=O) groups excluding carboxylic acids is 1. The maximum absolute atomic E-state index is 13.6. The molecule has 0 aromatic heterocycles. The van der Waals surface area contributed by atoms with Crippen LogP contribution in [0.25, 0.3) is 11.1 Å². The Morgan fingerprint density at radius 1 is 1.18 bits per heavy atom. The van der Waals surface area contributed by atoms with E-state index in [1.165, 1.54) is 30.3 Å². The average Bonchev–Trinajstić information content (AvgIpc) is 2.59. The molecule has 28 heavy (non-hydrogen) atoms. The van der Waals surface area contributed by atoms with Gasteiger partial charge in [-0.15, -0.1) is 0 Å². The number of carboxylic acids is 1. The number of alkyl carbamates (subject to hydrolysis) is 1. The molecule has 1 amide bonds. The average molecular weight is 410 g/mol. The normalized spacial score (nSPS) is 11.0. The first kappa shape index (κ1) is 21.5. The Bertz CT molecular complexity index is 879. The summed E-state index contributed by atoms with van der Waals surface area (Å²) in [5, 5.41) is 12.1. The van der Waals surface area contributed by atoms with Crippen molar-refractivity contribution in [3.05, 3.63) is 52.8 Å². The molecule has 0 spiro atoms. The van der Waals surface area contributed by atoms with Crippen LogP contribution in [-0.2, 0) is 4.74 Å². The van der Waals surface area contributed by atoms with E-state index in [2.05, 4.69) is 5.32 Å². The van der Waals surface area contributed by atoms with E-state index in [9.17, 15) is 19.1 Å². The first-order valence-electron chi connectivity index (χ1n) is 8.48. The van der Waals surface area contributed by atoms with Crippen LogP contribution in [-0.4, -0.2) is 35.9 Å². The van der Waals surface area contributed by atoms with Crippen molar-refractivity contribution in [2.45, 2.75) is 26.4 Å². The van der Waals surface area contributed by atoms with Crippen molar-refractivity contribution in [1.82, 2.24) is 5.32 Å². The largest absolute Gasteiger partial charge is 0.492 e.